The highest BCUT2D eigenvalue weighted by atomic mass is 32.2. The van der Waals surface area contributed by atoms with Crippen LogP contribution in [0.1, 0.15) is 12.8 Å². The highest BCUT2D eigenvalue weighted by molar-refractivity contribution is 7.99. The summed E-state index contributed by atoms with van der Waals surface area (Å²) in [7, 11) is 0. The number of hydrogen-bond acceptors (Lipinski definition) is 8. The van der Waals surface area contributed by atoms with Crippen molar-refractivity contribution in [2.75, 3.05) is 12.3 Å². The van der Waals surface area contributed by atoms with Crippen molar-refractivity contribution in [1.82, 2.24) is 10.6 Å². The second-order valence-corrected chi connectivity index (χ2v) is 6.74. The predicted molar refractivity (Wildman–Crippen MR) is 97.9 cm³/mol. The first-order chi connectivity index (χ1) is 13.1. The van der Waals surface area contributed by atoms with Crippen LogP contribution in [-0.4, -0.2) is 68.6 Å². The lowest BCUT2D eigenvalue weighted by molar-refractivity contribution is -0.139. The van der Waals surface area contributed by atoms with Crippen molar-refractivity contribution in [3.05, 3.63) is 18.2 Å². The van der Waals surface area contributed by atoms with Crippen LogP contribution in [0.4, 0.5) is 0 Å². The summed E-state index contributed by atoms with van der Waals surface area (Å²) in [6.45, 7) is -0.656. The molecular weight excluding hydrogens is 394 g/mol. The zero-order valence-corrected chi connectivity index (χ0v) is 15.4. The van der Waals surface area contributed by atoms with Gasteiger partial charge in [-0.15, -0.1) is 11.8 Å². The quantitative estimate of drug-likeness (QED) is 0.175. The maximum Gasteiger partial charge on any atom is 0.322 e. The zero-order valence-electron chi connectivity index (χ0n) is 14.6. The number of amides is 2. The van der Waals surface area contributed by atoms with Crippen LogP contribution in [0, 0.1) is 0 Å². The summed E-state index contributed by atoms with van der Waals surface area (Å²) >= 11 is 0.951. The topological polar surface area (TPSA) is 199 Å². The van der Waals surface area contributed by atoms with Crippen LogP contribution in [0.5, 0.6) is 11.5 Å². The van der Waals surface area contributed by atoms with Crippen molar-refractivity contribution in [3.63, 3.8) is 0 Å². The number of benzene rings is 1. The number of carbonyl (C=O) groups excluding carboxylic acids is 2. The third-order valence-electron chi connectivity index (χ3n) is 3.41. The number of aromatic hydroxyl groups is 2. The molecule has 0 heterocycles. The van der Waals surface area contributed by atoms with Gasteiger partial charge in [0.2, 0.25) is 11.8 Å². The molecule has 28 heavy (non-hydrogen) atoms. The molecule has 0 unspecified atom stereocenters. The lowest BCUT2D eigenvalue weighted by atomic mass is 10.1. The summed E-state index contributed by atoms with van der Waals surface area (Å²) < 4.78 is 0. The van der Waals surface area contributed by atoms with Gasteiger partial charge in [-0.1, -0.05) is 0 Å². The maximum atomic E-state index is 12.2. The van der Waals surface area contributed by atoms with E-state index < -0.39 is 42.4 Å². The van der Waals surface area contributed by atoms with Crippen LogP contribution in [-0.2, 0) is 19.2 Å². The van der Waals surface area contributed by atoms with E-state index >= 15 is 0 Å². The Labute approximate surface area is 163 Å². The van der Waals surface area contributed by atoms with Crippen LogP contribution in [0.3, 0.4) is 0 Å². The van der Waals surface area contributed by atoms with Crippen molar-refractivity contribution in [2.45, 2.75) is 29.8 Å². The molecule has 12 heteroatoms. The van der Waals surface area contributed by atoms with Gasteiger partial charge in [-0.2, -0.15) is 0 Å². The third kappa shape index (κ3) is 8.14. The standard InChI is InChI=1S/C16H21N3O8S/c17-9(16(26)27)2-4-13(22)19-10(15(25)18-6-14(23)24)7-28-12-5-8(20)1-3-11(12)21/h1,3,5,9-10,20-21H,2,4,6-7,17H2,(H,18,25)(H,19,22)(H,23,24)(H,26,27)/t9-,10-/m1/s1. The van der Waals surface area contributed by atoms with Crippen LogP contribution >= 0.6 is 11.8 Å². The zero-order chi connectivity index (χ0) is 21.3. The molecule has 154 valence electrons. The van der Waals surface area contributed by atoms with Crippen molar-refractivity contribution < 1.29 is 39.6 Å². The summed E-state index contributed by atoms with van der Waals surface area (Å²) in [4.78, 5) is 45.7. The van der Waals surface area contributed by atoms with Crippen molar-refractivity contribution >= 4 is 35.5 Å². The number of nitrogens with one attached hydrogen (secondary N) is 2. The Balaban J connectivity index is 2.76. The summed E-state index contributed by atoms with van der Waals surface area (Å²) in [6.07, 6.45) is -0.399. The average molecular weight is 415 g/mol. The molecule has 2 atom stereocenters. The van der Waals surface area contributed by atoms with Crippen molar-refractivity contribution in [2.24, 2.45) is 5.73 Å². The summed E-state index contributed by atoms with van der Waals surface area (Å²) in [6, 6.07) is 1.38. The van der Waals surface area contributed by atoms with Gasteiger partial charge in [0.25, 0.3) is 0 Å². The van der Waals surface area contributed by atoms with E-state index in [1.807, 2.05) is 0 Å². The molecule has 0 aliphatic carbocycles. The number of nitrogens with two attached hydrogens (primary N) is 1. The molecule has 8 N–H and O–H groups in total. The molecule has 0 fully saturated rings. The summed E-state index contributed by atoms with van der Waals surface area (Å²) in [5.41, 5.74) is 5.32. The van der Waals surface area contributed by atoms with Gasteiger partial charge >= 0.3 is 11.9 Å². The minimum Gasteiger partial charge on any atom is -0.508 e. The van der Waals surface area contributed by atoms with Gasteiger partial charge in [0, 0.05) is 12.2 Å². The average Bonchev–Trinajstić information content (AvgIpc) is 2.63. The molecule has 0 saturated carbocycles. The molecule has 0 spiro atoms. The molecule has 0 saturated heterocycles. The number of aliphatic carboxylic acids is 2. The minimum absolute atomic E-state index is 0.0841. The highest BCUT2D eigenvalue weighted by Crippen LogP contribution is 2.31. The summed E-state index contributed by atoms with van der Waals surface area (Å²) in [5, 5.41) is 41.1. The van der Waals surface area contributed by atoms with Crippen LogP contribution in [0.25, 0.3) is 0 Å². The number of carboxylic acids is 2. The fourth-order valence-corrected chi connectivity index (χ4v) is 2.94. The molecule has 1 aromatic carbocycles. The van der Waals surface area contributed by atoms with Crippen molar-refractivity contribution in [3.8, 4) is 11.5 Å². The molecule has 0 aliphatic heterocycles. The SMILES string of the molecule is N[C@H](CCC(=O)N[C@H](CSc1cc(O)ccc1O)C(=O)NCC(=O)O)C(=O)O. The first kappa shape index (κ1) is 23.0. The fraction of sp³-hybridized carbons (Fsp3) is 0.375. The van der Waals surface area contributed by atoms with E-state index in [0.717, 1.165) is 11.8 Å². The highest BCUT2D eigenvalue weighted by Gasteiger charge is 2.23. The maximum absolute atomic E-state index is 12.2. The summed E-state index contributed by atoms with van der Waals surface area (Å²) in [5.74, 6) is -4.30. The number of thioether (sulfide) groups is 1. The van der Waals surface area contributed by atoms with Gasteiger partial charge in [-0.25, -0.2) is 0 Å². The Morgan fingerprint density at radius 1 is 1.14 bits per heavy atom. The number of carboxylic acid groups (broad SMARTS) is 2. The predicted octanol–water partition coefficient (Wildman–Crippen LogP) is -0.932. The Morgan fingerprint density at radius 3 is 2.43 bits per heavy atom. The van der Waals surface area contributed by atoms with Crippen LogP contribution < -0.4 is 16.4 Å². The van der Waals surface area contributed by atoms with E-state index in [1.165, 1.54) is 18.2 Å². The van der Waals surface area contributed by atoms with E-state index in [0.29, 0.717) is 0 Å². The molecule has 1 aromatic rings. The van der Waals surface area contributed by atoms with Gasteiger partial charge in [-0.3, -0.25) is 19.2 Å². The Kier molecular flexibility index (Phi) is 9.05. The number of carbonyl (C=O) groups is 4. The molecule has 0 aromatic heterocycles. The van der Waals surface area contributed by atoms with Gasteiger partial charge < -0.3 is 36.8 Å². The molecule has 1 rings (SSSR count). The van der Waals surface area contributed by atoms with Gasteiger partial charge in [0.1, 0.15) is 30.1 Å². The van der Waals surface area contributed by atoms with Crippen LogP contribution in [0.15, 0.2) is 23.1 Å². The minimum atomic E-state index is -1.27. The van der Waals surface area contributed by atoms with Crippen molar-refractivity contribution in [1.29, 1.82) is 0 Å². The van der Waals surface area contributed by atoms with Gasteiger partial charge in [0.05, 0.1) is 4.90 Å². The second kappa shape index (κ2) is 11.0. The van der Waals surface area contributed by atoms with Crippen LogP contribution in [0.2, 0.25) is 0 Å². The Bertz CT molecular complexity index is 743. The number of phenols is 2. The van der Waals surface area contributed by atoms with Gasteiger partial charge in [-0.05, 0) is 24.6 Å². The number of phenolic OH excluding ortho intramolecular Hbond substituents is 2. The number of hydrogen-bond donors (Lipinski definition) is 7. The van der Waals surface area contributed by atoms with E-state index in [-0.39, 0.29) is 35.0 Å². The van der Waals surface area contributed by atoms with E-state index in [1.54, 1.807) is 0 Å². The molecule has 0 bridgehead atoms. The molecule has 0 aliphatic rings. The first-order valence-corrected chi connectivity index (χ1v) is 9.00. The van der Waals surface area contributed by atoms with E-state index in [2.05, 4.69) is 10.6 Å². The van der Waals surface area contributed by atoms with E-state index in [4.69, 9.17) is 15.9 Å². The molecule has 2 amide bonds. The molecule has 0 radical (unpaired) electrons. The second-order valence-electron chi connectivity index (χ2n) is 5.68. The lowest BCUT2D eigenvalue weighted by Gasteiger charge is -2.18. The molecular formula is C16H21N3O8S. The first-order valence-electron chi connectivity index (χ1n) is 8.02. The molecule has 11 nitrogen and oxygen atoms in total. The largest absolute Gasteiger partial charge is 0.508 e. The Hall–Kier alpha value is -2.99. The lowest BCUT2D eigenvalue weighted by Crippen LogP contribution is -2.49. The third-order valence-corrected chi connectivity index (χ3v) is 4.55. The van der Waals surface area contributed by atoms with E-state index in [9.17, 15) is 29.4 Å². The van der Waals surface area contributed by atoms with Gasteiger partial charge in [0.15, 0.2) is 0 Å². The number of rotatable bonds is 11. The Morgan fingerprint density at radius 2 is 1.82 bits per heavy atom. The fourth-order valence-electron chi connectivity index (χ4n) is 1.94. The smallest absolute Gasteiger partial charge is 0.322 e. The monoisotopic (exact) mass is 415 g/mol. The normalized spacial score (nSPS) is 12.6.